The Labute approximate surface area is 159 Å². The van der Waals surface area contributed by atoms with E-state index in [9.17, 15) is 18.7 Å². The third-order valence-electron chi connectivity index (χ3n) is 4.71. The maximum Gasteiger partial charge on any atom is 0.224 e. The molecule has 1 heterocycles. The zero-order valence-corrected chi connectivity index (χ0v) is 14.8. The first-order valence-corrected chi connectivity index (χ1v) is 8.80. The molecule has 2 N–H and O–H groups in total. The number of fused-ring (bicyclic) bond motifs is 3. The molecular formula is C22H17F2NO3. The minimum Gasteiger partial charge on any atom is -0.464 e. The minimum atomic E-state index is -1.14. The van der Waals surface area contributed by atoms with Crippen LogP contribution in [-0.4, -0.2) is 17.6 Å². The second kappa shape index (κ2) is 7.40. The zero-order valence-electron chi connectivity index (χ0n) is 14.8. The Morgan fingerprint density at radius 3 is 2.71 bits per heavy atom. The van der Waals surface area contributed by atoms with Crippen molar-refractivity contribution in [2.75, 3.05) is 6.54 Å². The lowest BCUT2D eigenvalue weighted by molar-refractivity contribution is -0.120. The van der Waals surface area contributed by atoms with Gasteiger partial charge in [-0.25, -0.2) is 8.78 Å². The van der Waals surface area contributed by atoms with Crippen LogP contribution >= 0.6 is 0 Å². The van der Waals surface area contributed by atoms with Gasteiger partial charge in [0.25, 0.3) is 0 Å². The fourth-order valence-corrected chi connectivity index (χ4v) is 3.29. The average molecular weight is 381 g/mol. The van der Waals surface area contributed by atoms with Crippen LogP contribution in [0.5, 0.6) is 0 Å². The van der Waals surface area contributed by atoms with Crippen LogP contribution in [0.2, 0.25) is 0 Å². The van der Waals surface area contributed by atoms with Crippen molar-refractivity contribution >= 4 is 27.6 Å². The molecule has 0 saturated heterocycles. The largest absolute Gasteiger partial charge is 0.464 e. The van der Waals surface area contributed by atoms with E-state index < -0.39 is 17.7 Å². The van der Waals surface area contributed by atoms with Gasteiger partial charge < -0.3 is 14.8 Å². The number of nitrogens with one attached hydrogen (secondary N) is 1. The first kappa shape index (κ1) is 18.1. The normalized spacial score (nSPS) is 12.4. The Morgan fingerprint density at radius 2 is 1.89 bits per heavy atom. The fraction of sp³-hybridized carbons (Fsp3) is 0.136. The highest BCUT2D eigenvalue weighted by molar-refractivity contribution is 6.08. The van der Waals surface area contributed by atoms with Gasteiger partial charge in [0.1, 0.15) is 5.58 Å². The number of carbonyl (C=O) groups is 1. The van der Waals surface area contributed by atoms with Gasteiger partial charge in [-0.05, 0) is 34.5 Å². The molecule has 4 rings (SSSR count). The number of amides is 1. The Balaban J connectivity index is 1.48. The van der Waals surface area contributed by atoms with E-state index in [1.807, 2.05) is 36.4 Å². The minimum absolute atomic E-state index is 0.0749. The molecule has 1 aromatic heterocycles. The predicted molar refractivity (Wildman–Crippen MR) is 102 cm³/mol. The van der Waals surface area contributed by atoms with Crippen LogP contribution in [0.3, 0.4) is 0 Å². The average Bonchev–Trinajstić information content (AvgIpc) is 3.11. The molecule has 0 fully saturated rings. The second-order valence-electron chi connectivity index (χ2n) is 6.59. The van der Waals surface area contributed by atoms with E-state index in [0.717, 1.165) is 33.9 Å². The number of aliphatic hydroxyl groups excluding tert-OH is 1. The number of aliphatic hydroxyl groups is 1. The topological polar surface area (TPSA) is 62.5 Å². The molecule has 3 aromatic carbocycles. The molecule has 1 atom stereocenters. The van der Waals surface area contributed by atoms with E-state index in [0.29, 0.717) is 5.58 Å². The highest BCUT2D eigenvalue weighted by atomic mass is 19.2. The van der Waals surface area contributed by atoms with Gasteiger partial charge in [-0.15, -0.1) is 0 Å². The number of furan rings is 1. The lowest BCUT2D eigenvalue weighted by atomic mass is 10.0. The fourth-order valence-electron chi connectivity index (χ4n) is 3.29. The van der Waals surface area contributed by atoms with Gasteiger partial charge in [-0.1, -0.05) is 36.4 Å². The highest BCUT2D eigenvalue weighted by Gasteiger charge is 2.15. The molecule has 1 amide bonds. The quantitative estimate of drug-likeness (QED) is 0.543. The number of carbonyl (C=O) groups excluding carboxylic acids is 1. The Morgan fingerprint density at radius 1 is 1.07 bits per heavy atom. The molecule has 0 aliphatic heterocycles. The van der Waals surface area contributed by atoms with Crippen molar-refractivity contribution in [3.8, 4) is 0 Å². The molecule has 142 valence electrons. The van der Waals surface area contributed by atoms with Crippen molar-refractivity contribution in [2.24, 2.45) is 0 Å². The first-order valence-electron chi connectivity index (χ1n) is 8.80. The summed E-state index contributed by atoms with van der Waals surface area (Å²) in [6.45, 7) is -0.111. The van der Waals surface area contributed by atoms with Gasteiger partial charge in [-0.3, -0.25) is 4.79 Å². The number of hydrogen-bond donors (Lipinski definition) is 2. The molecule has 6 heteroatoms. The number of halogens is 2. The number of hydrogen-bond acceptors (Lipinski definition) is 3. The summed E-state index contributed by atoms with van der Waals surface area (Å²) in [5.41, 5.74) is 1.63. The van der Waals surface area contributed by atoms with Crippen LogP contribution in [0, 0.1) is 11.6 Å². The summed E-state index contributed by atoms with van der Waals surface area (Å²) in [4.78, 5) is 12.3. The van der Waals surface area contributed by atoms with E-state index in [4.69, 9.17) is 4.42 Å². The van der Waals surface area contributed by atoms with Gasteiger partial charge in [0, 0.05) is 17.5 Å². The summed E-state index contributed by atoms with van der Waals surface area (Å²) < 4.78 is 31.8. The third kappa shape index (κ3) is 3.46. The maximum atomic E-state index is 13.3. The number of rotatable bonds is 5. The smallest absolute Gasteiger partial charge is 0.224 e. The van der Waals surface area contributed by atoms with E-state index >= 15 is 0 Å². The summed E-state index contributed by atoms with van der Waals surface area (Å²) in [6.07, 6.45) is 0.495. The van der Waals surface area contributed by atoms with E-state index in [2.05, 4.69) is 5.32 Å². The van der Waals surface area contributed by atoms with Crippen molar-refractivity contribution in [1.29, 1.82) is 0 Å². The summed E-state index contributed by atoms with van der Waals surface area (Å²) in [5.74, 6) is -2.34. The highest BCUT2D eigenvalue weighted by Crippen LogP contribution is 2.30. The van der Waals surface area contributed by atoms with Crippen LogP contribution < -0.4 is 5.32 Å². The van der Waals surface area contributed by atoms with Crippen molar-refractivity contribution in [3.63, 3.8) is 0 Å². The lowest BCUT2D eigenvalue weighted by Crippen LogP contribution is -2.29. The standard InChI is InChI=1S/C22H17F2NO3/c23-17-7-5-14(9-18(17)24)19(26)11-25-21(27)10-15-12-28-20-8-6-13-3-1-2-4-16(13)22(15)20/h1-9,12,19,26H,10-11H2,(H,25,27)/t19-/m0/s1. The molecule has 4 nitrogen and oxygen atoms in total. The summed E-state index contributed by atoms with van der Waals surface area (Å²) in [6, 6.07) is 14.8. The van der Waals surface area contributed by atoms with E-state index in [1.165, 1.54) is 6.07 Å². The molecule has 4 aromatic rings. The van der Waals surface area contributed by atoms with Crippen molar-refractivity contribution in [1.82, 2.24) is 5.32 Å². The molecule has 0 aliphatic rings. The molecule has 0 saturated carbocycles. The van der Waals surface area contributed by atoms with Gasteiger partial charge in [0.15, 0.2) is 11.6 Å². The summed E-state index contributed by atoms with van der Waals surface area (Å²) >= 11 is 0. The van der Waals surface area contributed by atoms with Gasteiger partial charge in [-0.2, -0.15) is 0 Å². The van der Waals surface area contributed by atoms with Crippen LogP contribution in [0.25, 0.3) is 21.7 Å². The first-order chi connectivity index (χ1) is 13.5. The Kier molecular flexibility index (Phi) is 4.79. The predicted octanol–water partition coefficient (Wildman–Crippen LogP) is 4.26. The van der Waals surface area contributed by atoms with Gasteiger partial charge >= 0.3 is 0 Å². The van der Waals surface area contributed by atoms with Crippen molar-refractivity contribution in [2.45, 2.75) is 12.5 Å². The molecule has 28 heavy (non-hydrogen) atoms. The molecule has 0 spiro atoms. The van der Waals surface area contributed by atoms with Gasteiger partial charge in [0.05, 0.1) is 18.8 Å². The van der Waals surface area contributed by atoms with Gasteiger partial charge in [0.2, 0.25) is 5.91 Å². The van der Waals surface area contributed by atoms with E-state index in [-0.39, 0.29) is 24.4 Å². The van der Waals surface area contributed by atoms with Crippen LogP contribution in [0.15, 0.2) is 65.3 Å². The van der Waals surface area contributed by atoms with E-state index in [1.54, 1.807) is 6.26 Å². The molecule has 0 unspecified atom stereocenters. The number of benzene rings is 3. The maximum absolute atomic E-state index is 13.3. The van der Waals surface area contributed by atoms with Crippen molar-refractivity contribution < 1.29 is 23.1 Å². The zero-order chi connectivity index (χ0) is 19.7. The Hall–Kier alpha value is -3.25. The van der Waals surface area contributed by atoms with Crippen molar-refractivity contribution in [3.05, 3.63) is 83.6 Å². The monoisotopic (exact) mass is 381 g/mol. The lowest BCUT2D eigenvalue weighted by Gasteiger charge is -2.12. The molecule has 0 aliphatic carbocycles. The van der Waals surface area contributed by atoms with Crippen LogP contribution in [0.1, 0.15) is 17.2 Å². The second-order valence-corrected chi connectivity index (χ2v) is 6.59. The summed E-state index contributed by atoms with van der Waals surface area (Å²) in [5, 5.41) is 15.7. The summed E-state index contributed by atoms with van der Waals surface area (Å²) in [7, 11) is 0. The van der Waals surface area contributed by atoms with Crippen LogP contribution in [0.4, 0.5) is 8.78 Å². The third-order valence-corrected chi connectivity index (χ3v) is 4.71. The Bertz CT molecular complexity index is 1170. The molecular weight excluding hydrogens is 364 g/mol. The molecule has 0 radical (unpaired) electrons. The molecule has 0 bridgehead atoms. The van der Waals surface area contributed by atoms with Crippen LogP contribution in [-0.2, 0) is 11.2 Å². The SMILES string of the molecule is O=C(Cc1coc2ccc3ccccc3c12)NC[C@H](O)c1ccc(F)c(F)c1.